The predicted octanol–water partition coefficient (Wildman–Crippen LogP) is 3.94. The van der Waals surface area contributed by atoms with E-state index in [2.05, 4.69) is 9.97 Å². The second-order valence-electron chi connectivity index (χ2n) is 4.24. The molecule has 0 fully saturated rings. The Morgan fingerprint density at radius 1 is 0.882 bits per heavy atom. The van der Waals surface area contributed by atoms with Gasteiger partial charge >= 0.3 is 0 Å². The van der Waals surface area contributed by atoms with Crippen LogP contribution >= 0.6 is 0 Å². The van der Waals surface area contributed by atoms with E-state index in [4.69, 9.17) is 0 Å². The van der Waals surface area contributed by atoms with E-state index in [-0.39, 0.29) is 5.82 Å². The molecule has 4 rings (SSSR count). The largest absolute Gasteiger partial charge is 0.359 e. The Kier molecular flexibility index (Phi) is 1.50. The van der Waals surface area contributed by atoms with E-state index in [1.807, 2.05) is 24.4 Å². The molecule has 0 bridgehead atoms. The smallest absolute Gasteiger partial charge is 0.123 e. The van der Waals surface area contributed by atoms with Crippen LogP contribution in [0.5, 0.6) is 0 Å². The minimum atomic E-state index is -0.204. The molecule has 0 radical (unpaired) electrons. The zero-order valence-corrected chi connectivity index (χ0v) is 8.92. The molecule has 17 heavy (non-hydrogen) atoms. The molecule has 0 aliphatic heterocycles. The Labute approximate surface area is 96.1 Å². The summed E-state index contributed by atoms with van der Waals surface area (Å²) in [5, 5.41) is 3.13. The second kappa shape index (κ2) is 2.88. The first kappa shape index (κ1) is 8.82. The minimum Gasteiger partial charge on any atom is -0.359 e. The maximum absolute atomic E-state index is 13.3. The Morgan fingerprint density at radius 3 is 2.76 bits per heavy atom. The van der Waals surface area contributed by atoms with Gasteiger partial charge in [-0.3, -0.25) is 0 Å². The molecular formula is C14H9FN2. The van der Waals surface area contributed by atoms with Gasteiger partial charge in [0.25, 0.3) is 0 Å². The van der Waals surface area contributed by atoms with Crippen LogP contribution in [0.25, 0.3) is 32.7 Å². The van der Waals surface area contributed by atoms with Crippen molar-refractivity contribution >= 4 is 32.7 Å². The Bertz CT molecular complexity index is 854. The molecule has 0 saturated carbocycles. The second-order valence-corrected chi connectivity index (χ2v) is 4.24. The molecule has 2 heterocycles. The highest BCUT2D eigenvalue weighted by Crippen LogP contribution is 2.30. The number of benzene rings is 2. The Morgan fingerprint density at radius 2 is 1.82 bits per heavy atom. The zero-order chi connectivity index (χ0) is 11.4. The molecule has 0 aliphatic carbocycles. The molecule has 3 heteroatoms. The lowest BCUT2D eigenvalue weighted by Gasteiger charge is -1.93. The Balaban J connectivity index is 2.33. The van der Waals surface area contributed by atoms with Crippen LogP contribution in [-0.4, -0.2) is 9.97 Å². The summed E-state index contributed by atoms with van der Waals surface area (Å²) in [7, 11) is 0. The summed E-state index contributed by atoms with van der Waals surface area (Å²) >= 11 is 0. The van der Waals surface area contributed by atoms with Crippen molar-refractivity contribution in [3.63, 3.8) is 0 Å². The summed E-state index contributed by atoms with van der Waals surface area (Å²) < 4.78 is 13.3. The highest BCUT2D eigenvalue weighted by Gasteiger charge is 2.08. The third kappa shape index (κ3) is 1.08. The topological polar surface area (TPSA) is 31.6 Å². The van der Waals surface area contributed by atoms with Gasteiger partial charge in [0.05, 0.1) is 11.0 Å². The average molecular weight is 224 g/mol. The van der Waals surface area contributed by atoms with Gasteiger partial charge in [-0.1, -0.05) is 12.1 Å². The quantitative estimate of drug-likeness (QED) is 0.453. The van der Waals surface area contributed by atoms with E-state index in [0.29, 0.717) is 0 Å². The van der Waals surface area contributed by atoms with Gasteiger partial charge in [0.2, 0.25) is 0 Å². The normalized spacial score (nSPS) is 11.8. The fourth-order valence-electron chi connectivity index (χ4n) is 2.47. The van der Waals surface area contributed by atoms with E-state index in [9.17, 15) is 4.39 Å². The van der Waals surface area contributed by atoms with Gasteiger partial charge in [-0.05, 0) is 24.3 Å². The van der Waals surface area contributed by atoms with E-state index in [1.165, 1.54) is 6.07 Å². The number of hydrogen-bond donors (Lipinski definition) is 2. The number of aromatic amines is 2. The SMILES string of the molecule is Fc1ccc2[nH]c3c(ccc4cc[nH]c43)c2c1. The van der Waals surface area contributed by atoms with Crippen molar-refractivity contribution in [3.05, 3.63) is 48.4 Å². The summed E-state index contributed by atoms with van der Waals surface area (Å²) in [6.07, 6.45) is 1.91. The van der Waals surface area contributed by atoms with Gasteiger partial charge in [0.15, 0.2) is 0 Å². The van der Waals surface area contributed by atoms with Crippen LogP contribution in [0.3, 0.4) is 0 Å². The van der Waals surface area contributed by atoms with E-state index in [1.54, 1.807) is 12.1 Å². The minimum absolute atomic E-state index is 0.204. The molecule has 82 valence electrons. The first-order valence-electron chi connectivity index (χ1n) is 5.50. The number of H-pyrrole nitrogens is 2. The fourth-order valence-corrected chi connectivity index (χ4v) is 2.47. The van der Waals surface area contributed by atoms with E-state index in [0.717, 1.165) is 32.7 Å². The van der Waals surface area contributed by atoms with E-state index >= 15 is 0 Å². The van der Waals surface area contributed by atoms with Gasteiger partial charge in [-0.15, -0.1) is 0 Å². The first-order valence-corrected chi connectivity index (χ1v) is 5.50. The van der Waals surface area contributed by atoms with Gasteiger partial charge in [0, 0.05) is 27.9 Å². The van der Waals surface area contributed by atoms with Crippen molar-refractivity contribution in [2.75, 3.05) is 0 Å². The van der Waals surface area contributed by atoms with Crippen LogP contribution in [0, 0.1) is 5.82 Å². The lowest BCUT2D eigenvalue weighted by Crippen LogP contribution is -1.72. The van der Waals surface area contributed by atoms with Crippen LogP contribution in [-0.2, 0) is 0 Å². The number of nitrogens with one attached hydrogen (secondary N) is 2. The van der Waals surface area contributed by atoms with Gasteiger partial charge in [-0.2, -0.15) is 0 Å². The molecule has 2 nitrogen and oxygen atoms in total. The average Bonchev–Trinajstić information content (AvgIpc) is 2.91. The molecule has 0 aliphatic rings. The lowest BCUT2D eigenvalue weighted by atomic mass is 10.1. The van der Waals surface area contributed by atoms with Gasteiger partial charge in [0.1, 0.15) is 5.82 Å². The van der Waals surface area contributed by atoms with Crippen molar-refractivity contribution < 1.29 is 4.39 Å². The van der Waals surface area contributed by atoms with Gasteiger partial charge in [-0.25, -0.2) is 4.39 Å². The van der Waals surface area contributed by atoms with Crippen molar-refractivity contribution in [1.82, 2.24) is 9.97 Å². The third-order valence-electron chi connectivity index (χ3n) is 3.26. The summed E-state index contributed by atoms with van der Waals surface area (Å²) in [6, 6.07) is 10.9. The highest BCUT2D eigenvalue weighted by atomic mass is 19.1. The predicted molar refractivity (Wildman–Crippen MR) is 67.6 cm³/mol. The van der Waals surface area contributed by atoms with Crippen molar-refractivity contribution in [2.45, 2.75) is 0 Å². The lowest BCUT2D eigenvalue weighted by molar-refractivity contribution is 0.630. The molecule has 2 N–H and O–H groups in total. The number of fused-ring (bicyclic) bond motifs is 5. The number of hydrogen-bond acceptors (Lipinski definition) is 0. The molecule has 0 atom stereocenters. The first-order chi connectivity index (χ1) is 8.33. The molecule has 4 aromatic rings. The summed E-state index contributed by atoms with van der Waals surface area (Å²) in [4.78, 5) is 6.55. The monoisotopic (exact) mass is 224 g/mol. The molecular weight excluding hydrogens is 215 g/mol. The summed E-state index contributed by atoms with van der Waals surface area (Å²) in [6.45, 7) is 0. The number of aromatic nitrogens is 2. The molecule has 0 unspecified atom stereocenters. The van der Waals surface area contributed by atoms with Crippen LogP contribution in [0.1, 0.15) is 0 Å². The van der Waals surface area contributed by atoms with E-state index < -0.39 is 0 Å². The molecule has 0 amide bonds. The van der Waals surface area contributed by atoms with Crippen LogP contribution in [0.15, 0.2) is 42.6 Å². The molecule has 2 aromatic carbocycles. The van der Waals surface area contributed by atoms with Crippen molar-refractivity contribution in [2.24, 2.45) is 0 Å². The zero-order valence-electron chi connectivity index (χ0n) is 8.92. The molecule has 0 saturated heterocycles. The third-order valence-corrected chi connectivity index (χ3v) is 3.26. The van der Waals surface area contributed by atoms with Crippen LogP contribution in [0.4, 0.5) is 4.39 Å². The standard InChI is InChI=1S/C14H9FN2/c15-9-2-4-12-11(7-9)10-3-1-8-5-6-16-13(8)14(10)17-12/h1-7,16-17H. The van der Waals surface area contributed by atoms with Crippen molar-refractivity contribution in [1.29, 1.82) is 0 Å². The highest BCUT2D eigenvalue weighted by molar-refractivity contribution is 6.15. The van der Waals surface area contributed by atoms with Gasteiger partial charge < -0.3 is 9.97 Å². The fraction of sp³-hybridized carbons (Fsp3) is 0. The van der Waals surface area contributed by atoms with Crippen LogP contribution < -0.4 is 0 Å². The maximum Gasteiger partial charge on any atom is 0.123 e. The number of halogens is 1. The summed E-state index contributed by atoms with van der Waals surface area (Å²) in [5.74, 6) is -0.204. The Hall–Kier alpha value is -2.29. The van der Waals surface area contributed by atoms with Crippen LogP contribution in [0.2, 0.25) is 0 Å². The number of rotatable bonds is 0. The molecule has 2 aromatic heterocycles. The van der Waals surface area contributed by atoms with Crippen molar-refractivity contribution in [3.8, 4) is 0 Å². The summed E-state index contributed by atoms with van der Waals surface area (Å²) in [5.41, 5.74) is 3.07. The maximum atomic E-state index is 13.3. The molecule has 0 spiro atoms.